The highest BCUT2D eigenvalue weighted by Crippen LogP contribution is 2.23. The highest BCUT2D eigenvalue weighted by Gasteiger charge is 2.17. The number of aryl methyl sites for hydroxylation is 1. The minimum Gasteiger partial charge on any atom is -0.461 e. The minimum atomic E-state index is -0.203. The quantitative estimate of drug-likeness (QED) is 0.759. The van der Waals surface area contributed by atoms with Gasteiger partial charge in [0.1, 0.15) is 5.69 Å². The highest BCUT2D eigenvalue weighted by molar-refractivity contribution is 7.99. The number of aromatic nitrogens is 1. The summed E-state index contributed by atoms with van der Waals surface area (Å²) in [6, 6.07) is 3.65. The molecule has 2 heterocycles. The minimum absolute atomic E-state index is 0.203. The Kier molecular flexibility index (Phi) is 3.93. The Bertz CT molecular complexity index is 356. The number of hydrogen-bond donors (Lipinski definition) is 0. The van der Waals surface area contributed by atoms with E-state index in [2.05, 4.69) is 0 Å². The molecule has 4 heteroatoms. The van der Waals surface area contributed by atoms with Crippen LogP contribution in [0.25, 0.3) is 0 Å². The molecule has 1 aromatic rings. The van der Waals surface area contributed by atoms with Crippen molar-refractivity contribution in [1.82, 2.24) is 4.57 Å². The average Bonchev–Trinajstić information content (AvgIpc) is 2.74. The number of carbonyl (C=O) groups is 1. The van der Waals surface area contributed by atoms with Crippen molar-refractivity contribution < 1.29 is 9.53 Å². The molecular weight excluding hydrogens is 222 g/mol. The van der Waals surface area contributed by atoms with Gasteiger partial charge in [0.15, 0.2) is 0 Å². The van der Waals surface area contributed by atoms with Gasteiger partial charge in [-0.1, -0.05) is 0 Å². The molecule has 0 N–H and O–H groups in total. The molecule has 0 aromatic carbocycles. The van der Waals surface area contributed by atoms with Gasteiger partial charge < -0.3 is 9.30 Å². The van der Waals surface area contributed by atoms with Crippen LogP contribution in [0.2, 0.25) is 0 Å². The molecule has 0 unspecified atom stereocenters. The van der Waals surface area contributed by atoms with Crippen LogP contribution >= 0.6 is 11.8 Å². The Morgan fingerprint density at radius 1 is 1.56 bits per heavy atom. The van der Waals surface area contributed by atoms with Gasteiger partial charge in [-0.15, -0.1) is 0 Å². The molecule has 0 spiro atoms. The lowest BCUT2D eigenvalue weighted by molar-refractivity contribution is 0.0422. The van der Waals surface area contributed by atoms with Crippen LogP contribution in [0.3, 0.4) is 0 Å². The zero-order chi connectivity index (χ0) is 11.4. The van der Waals surface area contributed by atoms with Crippen molar-refractivity contribution in [2.45, 2.75) is 12.8 Å². The Labute approximate surface area is 100 Å². The molecule has 1 aliphatic heterocycles. The maximum absolute atomic E-state index is 11.7. The second-order valence-electron chi connectivity index (χ2n) is 4.16. The van der Waals surface area contributed by atoms with E-state index >= 15 is 0 Å². The number of thioether (sulfide) groups is 1. The first kappa shape index (κ1) is 11.6. The summed E-state index contributed by atoms with van der Waals surface area (Å²) in [6.45, 7) is 0.574. The predicted molar refractivity (Wildman–Crippen MR) is 65.7 cm³/mol. The number of hydrogen-bond acceptors (Lipinski definition) is 3. The fourth-order valence-electron chi connectivity index (χ4n) is 1.85. The smallest absolute Gasteiger partial charge is 0.354 e. The molecule has 0 atom stereocenters. The molecule has 2 rings (SSSR count). The maximum Gasteiger partial charge on any atom is 0.354 e. The van der Waals surface area contributed by atoms with E-state index in [4.69, 9.17) is 4.74 Å². The molecule has 0 radical (unpaired) electrons. The molecule has 0 amide bonds. The van der Waals surface area contributed by atoms with Crippen molar-refractivity contribution in [1.29, 1.82) is 0 Å². The van der Waals surface area contributed by atoms with Crippen LogP contribution in [-0.4, -0.2) is 28.6 Å². The average molecular weight is 239 g/mol. The molecular formula is C12H17NO2S. The van der Waals surface area contributed by atoms with E-state index in [0.29, 0.717) is 18.2 Å². The molecule has 0 bridgehead atoms. The summed E-state index contributed by atoms with van der Waals surface area (Å²) < 4.78 is 7.13. The summed E-state index contributed by atoms with van der Waals surface area (Å²) in [5.41, 5.74) is 0.630. The highest BCUT2D eigenvalue weighted by atomic mass is 32.2. The van der Waals surface area contributed by atoms with Crippen LogP contribution in [0.15, 0.2) is 18.3 Å². The fraction of sp³-hybridized carbons (Fsp3) is 0.583. The normalized spacial score (nSPS) is 17.3. The lowest BCUT2D eigenvalue weighted by atomic mass is 10.0. The van der Waals surface area contributed by atoms with Crippen molar-refractivity contribution in [3.63, 3.8) is 0 Å². The SMILES string of the molecule is Cn1cccc1C(=O)OCC1CCSCC1. The van der Waals surface area contributed by atoms with E-state index < -0.39 is 0 Å². The standard InChI is InChI=1S/C12H17NO2S/c1-13-6-2-3-11(13)12(14)15-9-10-4-7-16-8-5-10/h2-3,6,10H,4-5,7-9H2,1H3. The number of nitrogens with zero attached hydrogens (tertiary/aromatic N) is 1. The third-order valence-corrected chi connectivity index (χ3v) is 3.99. The zero-order valence-corrected chi connectivity index (χ0v) is 10.3. The van der Waals surface area contributed by atoms with Crippen LogP contribution in [0, 0.1) is 5.92 Å². The predicted octanol–water partition coefficient (Wildman–Crippen LogP) is 2.33. The Morgan fingerprint density at radius 3 is 2.94 bits per heavy atom. The van der Waals surface area contributed by atoms with Gasteiger partial charge in [0.05, 0.1) is 6.61 Å². The third kappa shape index (κ3) is 2.82. The van der Waals surface area contributed by atoms with E-state index in [1.807, 2.05) is 31.1 Å². The zero-order valence-electron chi connectivity index (χ0n) is 9.52. The van der Waals surface area contributed by atoms with Gasteiger partial charge in [0.2, 0.25) is 0 Å². The van der Waals surface area contributed by atoms with Gasteiger partial charge in [0, 0.05) is 13.2 Å². The van der Waals surface area contributed by atoms with Crippen LogP contribution in [0.4, 0.5) is 0 Å². The summed E-state index contributed by atoms with van der Waals surface area (Å²) >= 11 is 1.99. The van der Waals surface area contributed by atoms with Crippen molar-refractivity contribution in [2.75, 3.05) is 18.1 Å². The number of rotatable bonds is 3. The molecule has 16 heavy (non-hydrogen) atoms. The van der Waals surface area contributed by atoms with Gasteiger partial charge in [-0.2, -0.15) is 11.8 Å². The van der Waals surface area contributed by atoms with E-state index in [9.17, 15) is 4.79 Å². The number of esters is 1. The third-order valence-electron chi connectivity index (χ3n) is 2.94. The maximum atomic E-state index is 11.7. The lowest BCUT2D eigenvalue weighted by Gasteiger charge is -2.20. The first-order chi connectivity index (χ1) is 7.77. The molecule has 0 aliphatic carbocycles. The van der Waals surface area contributed by atoms with E-state index in [1.165, 1.54) is 24.3 Å². The fourth-order valence-corrected chi connectivity index (χ4v) is 3.06. The van der Waals surface area contributed by atoms with Crippen LogP contribution in [-0.2, 0) is 11.8 Å². The lowest BCUT2D eigenvalue weighted by Crippen LogP contribution is -2.19. The number of carbonyl (C=O) groups excluding carboxylic acids is 1. The molecule has 1 aromatic heterocycles. The monoisotopic (exact) mass is 239 g/mol. The summed E-state index contributed by atoms with van der Waals surface area (Å²) in [4.78, 5) is 11.7. The van der Waals surface area contributed by atoms with Crippen molar-refractivity contribution in [3.05, 3.63) is 24.0 Å². The molecule has 0 saturated carbocycles. The van der Waals surface area contributed by atoms with Crippen molar-refractivity contribution in [2.24, 2.45) is 13.0 Å². The molecule has 88 valence electrons. The molecule has 1 aliphatic rings. The topological polar surface area (TPSA) is 31.2 Å². The van der Waals surface area contributed by atoms with Gasteiger partial charge in [0.25, 0.3) is 0 Å². The first-order valence-electron chi connectivity index (χ1n) is 5.63. The summed E-state index contributed by atoms with van der Waals surface area (Å²) in [5, 5.41) is 0. The van der Waals surface area contributed by atoms with E-state index in [1.54, 1.807) is 10.6 Å². The Balaban J connectivity index is 1.81. The Morgan fingerprint density at radius 2 is 2.31 bits per heavy atom. The van der Waals surface area contributed by atoms with Crippen molar-refractivity contribution in [3.8, 4) is 0 Å². The van der Waals surface area contributed by atoms with Gasteiger partial charge in [-0.25, -0.2) is 4.79 Å². The van der Waals surface area contributed by atoms with Gasteiger partial charge >= 0.3 is 5.97 Å². The van der Waals surface area contributed by atoms with E-state index in [-0.39, 0.29) is 5.97 Å². The molecule has 1 saturated heterocycles. The Hall–Kier alpha value is -0.900. The first-order valence-corrected chi connectivity index (χ1v) is 6.79. The second-order valence-corrected chi connectivity index (χ2v) is 5.38. The van der Waals surface area contributed by atoms with Crippen LogP contribution < -0.4 is 0 Å². The van der Waals surface area contributed by atoms with Crippen LogP contribution in [0.5, 0.6) is 0 Å². The van der Waals surface area contributed by atoms with E-state index in [0.717, 1.165) is 0 Å². The van der Waals surface area contributed by atoms with Gasteiger partial charge in [-0.05, 0) is 42.4 Å². The molecule has 3 nitrogen and oxygen atoms in total. The van der Waals surface area contributed by atoms with Gasteiger partial charge in [-0.3, -0.25) is 0 Å². The number of ether oxygens (including phenoxy) is 1. The summed E-state index contributed by atoms with van der Waals surface area (Å²) in [7, 11) is 1.86. The van der Waals surface area contributed by atoms with Crippen molar-refractivity contribution >= 4 is 17.7 Å². The summed E-state index contributed by atoms with van der Waals surface area (Å²) in [5.74, 6) is 2.76. The summed E-state index contributed by atoms with van der Waals surface area (Å²) in [6.07, 6.45) is 4.20. The molecule has 1 fully saturated rings. The second kappa shape index (κ2) is 5.43. The van der Waals surface area contributed by atoms with Crippen LogP contribution in [0.1, 0.15) is 23.3 Å². The largest absolute Gasteiger partial charge is 0.461 e.